The molecule has 4 nitrogen and oxygen atoms in total. The Morgan fingerprint density at radius 1 is 0.962 bits per heavy atom. The molecule has 0 aliphatic rings. The fourth-order valence-electron chi connectivity index (χ4n) is 2.52. The van der Waals surface area contributed by atoms with Crippen LogP contribution in [0.15, 0.2) is 66.9 Å². The summed E-state index contributed by atoms with van der Waals surface area (Å²) in [5, 5.41) is 2.67. The van der Waals surface area contributed by atoms with Crippen molar-refractivity contribution in [3.63, 3.8) is 0 Å². The van der Waals surface area contributed by atoms with Crippen LogP contribution < -0.4 is 10.2 Å². The molecule has 0 radical (unpaired) electrons. The maximum atomic E-state index is 13.1. The number of rotatable bonds is 5. The quantitative estimate of drug-likeness (QED) is 0.706. The molecular weight excluding hydrogens is 341 g/mol. The average Bonchev–Trinajstić information content (AvgIpc) is 2.62. The molecule has 2 aromatic carbocycles. The van der Waals surface area contributed by atoms with E-state index in [1.54, 1.807) is 6.07 Å². The summed E-state index contributed by atoms with van der Waals surface area (Å²) in [5.74, 6) is 0.718. The molecule has 0 saturated carbocycles. The van der Waals surface area contributed by atoms with E-state index in [9.17, 15) is 13.2 Å². The summed E-state index contributed by atoms with van der Waals surface area (Å²) in [5.41, 5.74) is 0.264. The van der Waals surface area contributed by atoms with Gasteiger partial charge >= 0.3 is 6.18 Å². The normalized spacial score (nSPS) is 11.2. The molecule has 0 fully saturated rings. The molecule has 3 aromatic rings. The van der Waals surface area contributed by atoms with E-state index >= 15 is 0 Å². The van der Waals surface area contributed by atoms with Gasteiger partial charge in [0.15, 0.2) is 0 Å². The van der Waals surface area contributed by atoms with Gasteiger partial charge in [-0.25, -0.2) is 4.98 Å². The molecule has 134 valence electrons. The third-order valence-corrected chi connectivity index (χ3v) is 3.77. The van der Waals surface area contributed by atoms with Gasteiger partial charge in [0.05, 0.1) is 11.3 Å². The van der Waals surface area contributed by atoms with E-state index in [1.807, 2.05) is 42.3 Å². The van der Waals surface area contributed by atoms with Crippen molar-refractivity contribution < 1.29 is 13.2 Å². The monoisotopic (exact) mass is 358 g/mol. The molecule has 1 aromatic heterocycles. The van der Waals surface area contributed by atoms with Gasteiger partial charge in [0.25, 0.3) is 0 Å². The van der Waals surface area contributed by atoms with Crippen molar-refractivity contribution in [2.24, 2.45) is 0 Å². The number of nitrogens with zero attached hydrogens (tertiary/aromatic N) is 3. The summed E-state index contributed by atoms with van der Waals surface area (Å²) in [6.07, 6.45) is -2.94. The Kier molecular flexibility index (Phi) is 5.06. The third kappa shape index (κ3) is 4.30. The van der Waals surface area contributed by atoms with Gasteiger partial charge in [-0.1, -0.05) is 42.5 Å². The molecule has 0 atom stereocenters. The van der Waals surface area contributed by atoms with Crippen LogP contribution in [0.2, 0.25) is 0 Å². The maximum absolute atomic E-state index is 13.1. The summed E-state index contributed by atoms with van der Waals surface area (Å²) in [7, 11) is 1.86. The van der Waals surface area contributed by atoms with Gasteiger partial charge in [-0.3, -0.25) is 0 Å². The largest absolute Gasteiger partial charge is 0.418 e. The molecule has 0 unspecified atom stereocenters. The van der Waals surface area contributed by atoms with Gasteiger partial charge in [0.1, 0.15) is 5.82 Å². The number of nitrogens with one attached hydrogen (secondary N) is 1. The zero-order valence-corrected chi connectivity index (χ0v) is 14.0. The van der Waals surface area contributed by atoms with Crippen molar-refractivity contribution in [3.05, 3.63) is 78.0 Å². The summed E-state index contributed by atoms with van der Waals surface area (Å²) in [6.45, 7) is 0.621. The topological polar surface area (TPSA) is 41.1 Å². The van der Waals surface area contributed by atoms with Crippen LogP contribution in [0.3, 0.4) is 0 Å². The minimum absolute atomic E-state index is 0.0807. The maximum Gasteiger partial charge on any atom is 0.418 e. The first kappa shape index (κ1) is 17.7. The van der Waals surface area contributed by atoms with Gasteiger partial charge in [-0.05, 0) is 23.8 Å². The van der Waals surface area contributed by atoms with Crippen molar-refractivity contribution >= 4 is 17.5 Å². The van der Waals surface area contributed by atoms with Crippen molar-refractivity contribution in [1.82, 2.24) is 9.97 Å². The second-order valence-corrected chi connectivity index (χ2v) is 5.75. The van der Waals surface area contributed by atoms with Crippen molar-refractivity contribution in [2.75, 3.05) is 17.3 Å². The lowest BCUT2D eigenvalue weighted by Gasteiger charge is -2.19. The molecule has 7 heteroatoms. The molecule has 1 N–H and O–H groups in total. The van der Waals surface area contributed by atoms with Crippen LogP contribution in [0.4, 0.5) is 30.6 Å². The predicted molar refractivity (Wildman–Crippen MR) is 95.3 cm³/mol. The number of para-hydroxylation sites is 1. The third-order valence-electron chi connectivity index (χ3n) is 3.77. The van der Waals surface area contributed by atoms with Crippen molar-refractivity contribution in [3.8, 4) is 0 Å². The number of hydrogen-bond donors (Lipinski definition) is 1. The second-order valence-electron chi connectivity index (χ2n) is 5.75. The molecule has 0 aliphatic heterocycles. The first-order valence-electron chi connectivity index (χ1n) is 7.95. The Morgan fingerprint density at radius 3 is 2.38 bits per heavy atom. The summed E-state index contributed by atoms with van der Waals surface area (Å²) >= 11 is 0. The van der Waals surface area contributed by atoms with Crippen molar-refractivity contribution in [1.29, 1.82) is 0 Å². The zero-order valence-electron chi connectivity index (χ0n) is 14.0. The molecule has 0 spiro atoms. The molecule has 3 rings (SSSR count). The molecule has 0 amide bonds. The second kappa shape index (κ2) is 7.43. The minimum atomic E-state index is -4.45. The van der Waals surface area contributed by atoms with Crippen LogP contribution in [0.1, 0.15) is 11.1 Å². The van der Waals surface area contributed by atoms with E-state index in [0.717, 1.165) is 11.6 Å². The number of anilines is 3. The average molecular weight is 358 g/mol. The standard InChI is InChI=1S/C19H17F3N4/c1-26(13-14-7-3-2-4-8-14)17-11-12-23-18(25-17)24-16-10-6-5-9-15(16)19(20,21)22/h2-12H,13H2,1H3,(H,23,24,25). The Bertz CT molecular complexity index is 866. The van der Waals surface area contributed by atoms with Crippen LogP contribution in [0.25, 0.3) is 0 Å². The minimum Gasteiger partial charge on any atom is -0.355 e. The van der Waals surface area contributed by atoms with E-state index in [1.165, 1.54) is 24.4 Å². The van der Waals surface area contributed by atoms with Gasteiger partial charge in [-0.2, -0.15) is 18.2 Å². The highest BCUT2D eigenvalue weighted by Crippen LogP contribution is 2.35. The van der Waals surface area contributed by atoms with Gasteiger partial charge < -0.3 is 10.2 Å². The molecule has 26 heavy (non-hydrogen) atoms. The molecule has 0 aliphatic carbocycles. The number of aromatic nitrogens is 2. The van der Waals surface area contributed by atoms with E-state index in [0.29, 0.717) is 12.4 Å². The Balaban J connectivity index is 1.80. The first-order chi connectivity index (χ1) is 12.4. The highest BCUT2D eigenvalue weighted by atomic mass is 19.4. The molecule has 0 bridgehead atoms. The number of halogens is 3. The lowest BCUT2D eigenvalue weighted by molar-refractivity contribution is -0.136. The highest BCUT2D eigenvalue weighted by molar-refractivity contribution is 5.60. The van der Waals surface area contributed by atoms with Gasteiger partial charge in [0, 0.05) is 19.8 Å². The van der Waals surface area contributed by atoms with E-state index < -0.39 is 11.7 Å². The van der Waals surface area contributed by atoms with E-state index in [2.05, 4.69) is 15.3 Å². The fourth-order valence-corrected chi connectivity index (χ4v) is 2.52. The van der Waals surface area contributed by atoms with Crippen LogP contribution in [0.5, 0.6) is 0 Å². The lowest BCUT2D eigenvalue weighted by atomic mass is 10.1. The zero-order chi connectivity index (χ0) is 18.6. The van der Waals surface area contributed by atoms with E-state index in [-0.39, 0.29) is 11.6 Å². The van der Waals surface area contributed by atoms with Crippen LogP contribution >= 0.6 is 0 Å². The van der Waals surface area contributed by atoms with Crippen LogP contribution in [-0.4, -0.2) is 17.0 Å². The Hall–Kier alpha value is -3.09. The number of benzene rings is 2. The molecular formula is C19H17F3N4. The van der Waals surface area contributed by atoms with Crippen LogP contribution in [0, 0.1) is 0 Å². The fraction of sp³-hybridized carbons (Fsp3) is 0.158. The smallest absolute Gasteiger partial charge is 0.355 e. The summed E-state index contributed by atoms with van der Waals surface area (Å²) in [6, 6.07) is 16.8. The molecule has 1 heterocycles. The van der Waals surface area contributed by atoms with Gasteiger partial charge in [0.2, 0.25) is 5.95 Å². The number of alkyl halides is 3. The highest BCUT2D eigenvalue weighted by Gasteiger charge is 2.33. The lowest BCUT2D eigenvalue weighted by Crippen LogP contribution is -2.18. The van der Waals surface area contributed by atoms with Crippen LogP contribution in [-0.2, 0) is 12.7 Å². The Labute approximate surface area is 149 Å². The van der Waals surface area contributed by atoms with Gasteiger partial charge in [-0.15, -0.1) is 0 Å². The Morgan fingerprint density at radius 2 is 1.65 bits per heavy atom. The summed E-state index contributed by atoms with van der Waals surface area (Å²) < 4.78 is 39.3. The predicted octanol–water partition coefficient (Wildman–Crippen LogP) is 4.88. The summed E-state index contributed by atoms with van der Waals surface area (Å²) in [4.78, 5) is 10.3. The number of hydrogen-bond acceptors (Lipinski definition) is 4. The molecule has 0 saturated heterocycles. The van der Waals surface area contributed by atoms with E-state index in [4.69, 9.17) is 0 Å². The first-order valence-corrected chi connectivity index (χ1v) is 7.95. The SMILES string of the molecule is CN(Cc1ccccc1)c1ccnc(Nc2ccccc2C(F)(F)F)n1. The van der Waals surface area contributed by atoms with Crippen molar-refractivity contribution in [2.45, 2.75) is 12.7 Å².